The fraction of sp³-hybridized carbons (Fsp3) is 0.571. The molecule has 0 aromatic heterocycles. The number of hydrogen-bond acceptors (Lipinski definition) is 2. The molecule has 100 valence electrons. The van der Waals surface area contributed by atoms with E-state index in [9.17, 15) is 8.78 Å². The molecule has 2 nitrogen and oxygen atoms in total. The lowest BCUT2D eigenvalue weighted by atomic mass is 9.96. The molecule has 2 unspecified atom stereocenters. The molecule has 0 saturated carbocycles. The van der Waals surface area contributed by atoms with Gasteiger partial charge in [0.05, 0.1) is 11.7 Å². The SMILES string of the molecule is CCCC1(C)CNCC(c2ccc(F)c(F)c2)O1. The summed E-state index contributed by atoms with van der Waals surface area (Å²) in [6.45, 7) is 5.58. The lowest BCUT2D eigenvalue weighted by Crippen LogP contribution is -2.48. The molecule has 1 saturated heterocycles. The third-order valence-electron chi connectivity index (χ3n) is 3.35. The average molecular weight is 255 g/mol. The molecule has 1 aromatic carbocycles. The van der Waals surface area contributed by atoms with Crippen LogP contribution in [0.15, 0.2) is 18.2 Å². The zero-order valence-electron chi connectivity index (χ0n) is 10.8. The Bertz CT molecular complexity index is 420. The van der Waals surface area contributed by atoms with Crippen LogP contribution in [0.1, 0.15) is 38.4 Å². The van der Waals surface area contributed by atoms with Crippen molar-refractivity contribution in [3.8, 4) is 0 Å². The van der Waals surface area contributed by atoms with Crippen molar-refractivity contribution in [3.63, 3.8) is 0 Å². The van der Waals surface area contributed by atoms with Crippen molar-refractivity contribution in [3.05, 3.63) is 35.4 Å². The molecule has 1 fully saturated rings. The fourth-order valence-corrected chi connectivity index (χ4v) is 2.47. The quantitative estimate of drug-likeness (QED) is 0.895. The van der Waals surface area contributed by atoms with Gasteiger partial charge in [-0.2, -0.15) is 0 Å². The Hall–Kier alpha value is -1.00. The summed E-state index contributed by atoms with van der Waals surface area (Å²) < 4.78 is 32.2. The molecule has 0 aliphatic carbocycles. The molecule has 2 atom stereocenters. The van der Waals surface area contributed by atoms with Crippen LogP contribution in [0.2, 0.25) is 0 Å². The van der Waals surface area contributed by atoms with E-state index in [1.165, 1.54) is 6.07 Å². The van der Waals surface area contributed by atoms with Crippen LogP contribution in [0.5, 0.6) is 0 Å². The van der Waals surface area contributed by atoms with E-state index in [0.717, 1.165) is 25.5 Å². The van der Waals surface area contributed by atoms with Gasteiger partial charge in [-0.15, -0.1) is 0 Å². The van der Waals surface area contributed by atoms with Crippen molar-refractivity contribution in [2.24, 2.45) is 0 Å². The maximum atomic E-state index is 13.2. The van der Waals surface area contributed by atoms with Crippen LogP contribution in [-0.4, -0.2) is 18.7 Å². The average Bonchev–Trinajstić information content (AvgIpc) is 2.32. The second kappa shape index (κ2) is 5.33. The maximum Gasteiger partial charge on any atom is 0.159 e. The Balaban J connectivity index is 2.15. The molecule has 0 spiro atoms. The third-order valence-corrected chi connectivity index (χ3v) is 3.35. The molecule has 2 rings (SSSR count). The molecule has 1 aromatic rings. The highest BCUT2D eigenvalue weighted by molar-refractivity contribution is 5.21. The smallest absolute Gasteiger partial charge is 0.159 e. The summed E-state index contributed by atoms with van der Waals surface area (Å²) in [6, 6.07) is 3.96. The van der Waals surface area contributed by atoms with E-state index in [2.05, 4.69) is 19.2 Å². The number of benzene rings is 1. The van der Waals surface area contributed by atoms with E-state index in [0.29, 0.717) is 12.1 Å². The standard InChI is InChI=1S/C14H19F2NO/c1-3-6-14(2)9-17-8-13(18-14)10-4-5-11(15)12(16)7-10/h4-5,7,13,17H,3,6,8-9H2,1-2H3. The van der Waals surface area contributed by atoms with E-state index in [1.54, 1.807) is 6.07 Å². The van der Waals surface area contributed by atoms with Crippen LogP contribution in [0.25, 0.3) is 0 Å². The molecule has 0 radical (unpaired) electrons. The molecular formula is C14H19F2NO. The second-order valence-corrected chi connectivity index (χ2v) is 5.11. The number of halogens is 2. The first kappa shape index (κ1) is 13.4. The molecule has 1 aliphatic rings. The van der Waals surface area contributed by atoms with E-state index >= 15 is 0 Å². The molecular weight excluding hydrogens is 236 g/mol. The highest BCUT2D eigenvalue weighted by atomic mass is 19.2. The number of hydrogen-bond donors (Lipinski definition) is 1. The van der Waals surface area contributed by atoms with Crippen LogP contribution in [0.3, 0.4) is 0 Å². The lowest BCUT2D eigenvalue weighted by molar-refractivity contribution is -0.112. The van der Waals surface area contributed by atoms with Crippen molar-refractivity contribution in [2.45, 2.75) is 38.4 Å². The van der Waals surface area contributed by atoms with Gasteiger partial charge >= 0.3 is 0 Å². The van der Waals surface area contributed by atoms with Gasteiger partial charge in [0.25, 0.3) is 0 Å². The Morgan fingerprint density at radius 2 is 2.17 bits per heavy atom. The van der Waals surface area contributed by atoms with Crippen LogP contribution in [0, 0.1) is 11.6 Å². The number of morpholine rings is 1. The van der Waals surface area contributed by atoms with Crippen molar-refractivity contribution >= 4 is 0 Å². The largest absolute Gasteiger partial charge is 0.365 e. The normalized spacial score (nSPS) is 28.3. The fourth-order valence-electron chi connectivity index (χ4n) is 2.47. The van der Waals surface area contributed by atoms with Gasteiger partial charge < -0.3 is 10.1 Å². The van der Waals surface area contributed by atoms with Gasteiger partial charge in [-0.3, -0.25) is 0 Å². The first-order valence-corrected chi connectivity index (χ1v) is 6.37. The van der Waals surface area contributed by atoms with Gasteiger partial charge in [-0.05, 0) is 31.0 Å². The monoisotopic (exact) mass is 255 g/mol. The topological polar surface area (TPSA) is 21.3 Å². The minimum Gasteiger partial charge on any atom is -0.365 e. The summed E-state index contributed by atoms with van der Waals surface area (Å²) in [6.07, 6.45) is 1.76. The summed E-state index contributed by atoms with van der Waals surface area (Å²) in [5.41, 5.74) is 0.450. The van der Waals surface area contributed by atoms with Gasteiger partial charge in [-0.25, -0.2) is 8.78 Å². The van der Waals surface area contributed by atoms with Crippen LogP contribution >= 0.6 is 0 Å². The van der Waals surface area contributed by atoms with Gasteiger partial charge in [0.1, 0.15) is 0 Å². The van der Waals surface area contributed by atoms with E-state index in [1.807, 2.05) is 0 Å². The molecule has 18 heavy (non-hydrogen) atoms. The van der Waals surface area contributed by atoms with Crippen molar-refractivity contribution in [1.82, 2.24) is 5.32 Å². The Morgan fingerprint density at radius 1 is 1.39 bits per heavy atom. The number of ether oxygens (including phenoxy) is 1. The zero-order valence-corrected chi connectivity index (χ0v) is 10.8. The third kappa shape index (κ3) is 2.87. The Morgan fingerprint density at radius 3 is 2.83 bits per heavy atom. The first-order chi connectivity index (χ1) is 8.54. The summed E-state index contributed by atoms with van der Waals surface area (Å²) in [7, 11) is 0. The summed E-state index contributed by atoms with van der Waals surface area (Å²) in [5.74, 6) is -1.64. The Kier molecular flexibility index (Phi) is 3.97. The molecule has 0 amide bonds. The predicted molar refractivity (Wildman–Crippen MR) is 66.4 cm³/mol. The van der Waals surface area contributed by atoms with Crippen LogP contribution in [0.4, 0.5) is 8.78 Å². The Labute approximate surface area is 106 Å². The molecule has 1 aliphatic heterocycles. The summed E-state index contributed by atoms with van der Waals surface area (Å²) >= 11 is 0. The molecule has 0 bridgehead atoms. The second-order valence-electron chi connectivity index (χ2n) is 5.11. The first-order valence-electron chi connectivity index (χ1n) is 6.37. The highest BCUT2D eigenvalue weighted by Gasteiger charge is 2.32. The van der Waals surface area contributed by atoms with E-state index in [4.69, 9.17) is 4.74 Å². The zero-order chi connectivity index (χ0) is 13.2. The van der Waals surface area contributed by atoms with Gasteiger partial charge in [0.15, 0.2) is 11.6 Å². The van der Waals surface area contributed by atoms with Gasteiger partial charge in [0.2, 0.25) is 0 Å². The minimum atomic E-state index is -0.821. The van der Waals surface area contributed by atoms with Crippen molar-refractivity contribution in [2.75, 3.05) is 13.1 Å². The summed E-state index contributed by atoms with van der Waals surface area (Å²) in [5, 5.41) is 3.30. The number of nitrogens with one attached hydrogen (secondary N) is 1. The highest BCUT2D eigenvalue weighted by Crippen LogP contribution is 2.30. The molecule has 4 heteroatoms. The lowest BCUT2D eigenvalue weighted by Gasteiger charge is -2.39. The van der Waals surface area contributed by atoms with E-state index < -0.39 is 11.6 Å². The van der Waals surface area contributed by atoms with Crippen molar-refractivity contribution in [1.29, 1.82) is 0 Å². The number of rotatable bonds is 3. The van der Waals surface area contributed by atoms with Crippen LogP contribution < -0.4 is 5.32 Å². The van der Waals surface area contributed by atoms with Gasteiger partial charge in [0, 0.05) is 13.1 Å². The predicted octanol–water partition coefficient (Wildman–Crippen LogP) is 3.18. The van der Waals surface area contributed by atoms with Gasteiger partial charge in [-0.1, -0.05) is 19.4 Å². The summed E-state index contributed by atoms with van der Waals surface area (Å²) in [4.78, 5) is 0. The van der Waals surface area contributed by atoms with Crippen LogP contribution in [-0.2, 0) is 4.74 Å². The molecule has 1 heterocycles. The van der Waals surface area contributed by atoms with Crippen molar-refractivity contribution < 1.29 is 13.5 Å². The maximum absolute atomic E-state index is 13.2. The van der Waals surface area contributed by atoms with E-state index in [-0.39, 0.29) is 11.7 Å². The molecule has 1 N–H and O–H groups in total. The minimum absolute atomic E-state index is 0.217.